The van der Waals surface area contributed by atoms with Crippen molar-refractivity contribution >= 4 is 44.7 Å². The second-order valence-corrected chi connectivity index (χ2v) is 7.21. The number of aromatic nitrogens is 2. The van der Waals surface area contributed by atoms with Gasteiger partial charge in [-0.25, -0.2) is 4.98 Å². The lowest BCUT2D eigenvalue weighted by atomic mass is 10.2. The Morgan fingerprint density at radius 2 is 1.72 bits per heavy atom. The first-order valence-electron chi connectivity index (χ1n) is 8.73. The second kappa shape index (κ2) is 7.81. The Hall–Kier alpha value is -3.58. The number of nitrogens with zero attached hydrogens (tertiary/aromatic N) is 3. The molecule has 0 radical (unpaired) electrons. The summed E-state index contributed by atoms with van der Waals surface area (Å²) in [5.74, 6) is 0.433. The van der Waals surface area contributed by atoms with Crippen LogP contribution in [0.3, 0.4) is 0 Å². The third-order valence-corrected chi connectivity index (χ3v) is 4.92. The molecular weight excluding hydrogens is 434 g/mol. The molecule has 0 aliphatic rings. The van der Waals surface area contributed by atoms with Crippen LogP contribution in [0.2, 0.25) is 0 Å². The van der Waals surface area contributed by atoms with Gasteiger partial charge in [0, 0.05) is 16.6 Å². The predicted molar refractivity (Wildman–Crippen MR) is 117 cm³/mol. The number of rotatable bonds is 4. The Morgan fingerprint density at radius 1 is 0.966 bits per heavy atom. The van der Waals surface area contributed by atoms with Crippen LogP contribution >= 0.6 is 15.9 Å². The van der Waals surface area contributed by atoms with E-state index in [-0.39, 0.29) is 11.2 Å². The number of hydrogen-bond donors (Lipinski definition) is 0. The zero-order chi connectivity index (χ0) is 20.4. The SMILES string of the molecule is O=c1c2ccccc2nc(C=Cc2cccc([N+](=O)[O-])c2)n1-c1ccc(Br)cc1. The molecule has 0 aliphatic carbocycles. The molecule has 0 fully saturated rings. The van der Waals surface area contributed by atoms with Gasteiger partial charge in [0.2, 0.25) is 0 Å². The average molecular weight is 448 g/mol. The normalized spacial score (nSPS) is 11.2. The molecule has 0 atom stereocenters. The lowest BCUT2D eigenvalue weighted by Gasteiger charge is -2.11. The molecule has 0 aliphatic heterocycles. The fourth-order valence-corrected chi connectivity index (χ4v) is 3.28. The third-order valence-electron chi connectivity index (χ3n) is 4.39. The maximum atomic E-state index is 13.2. The summed E-state index contributed by atoms with van der Waals surface area (Å²) in [6.07, 6.45) is 3.40. The fraction of sp³-hybridized carbons (Fsp3) is 0. The van der Waals surface area contributed by atoms with Crippen LogP contribution in [0.15, 0.2) is 82.1 Å². The van der Waals surface area contributed by atoms with E-state index in [1.54, 1.807) is 42.5 Å². The Bertz CT molecular complexity index is 1310. The summed E-state index contributed by atoms with van der Waals surface area (Å²) in [4.78, 5) is 28.4. The number of fused-ring (bicyclic) bond motifs is 1. The molecule has 29 heavy (non-hydrogen) atoms. The van der Waals surface area contributed by atoms with E-state index in [9.17, 15) is 14.9 Å². The standard InChI is InChI=1S/C22H14BrN3O3/c23-16-9-11-17(12-10-16)25-21(24-20-7-2-1-6-19(20)22(25)27)13-8-15-4-3-5-18(14-15)26(28)29/h1-14H. The van der Waals surface area contributed by atoms with Gasteiger partial charge in [-0.15, -0.1) is 0 Å². The maximum absolute atomic E-state index is 13.2. The van der Waals surface area contributed by atoms with Gasteiger partial charge in [0.15, 0.2) is 0 Å². The van der Waals surface area contributed by atoms with E-state index in [2.05, 4.69) is 20.9 Å². The van der Waals surface area contributed by atoms with Crippen LogP contribution in [0.25, 0.3) is 28.7 Å². The molecule has 3 aromatic carbocycles. The van der Waals surface area contributed by atoms with Crippen molar-refractivity contribution in [3.05, 3.63) is 109 Å². The zero-order valence-corrected chi connectivity index (χ0v) is 16.6. The topological polar surface area (TPSA) is 78.0 Å². The van der Waals surface area contributed by atoms with Crippen molar-refractivity contribution in [2.75, 3.05) is 0 Å². The molecule has 0 amide bonds. The van der Waals surface area contributed by atoms with Crippen molar-refractivity contribution < 1.29 is 4.92 Å². The Balaban J connectivity index is 1.90. The summed E-state index contributed by atoms with van der Waals surface area (Å²) in [6.45, 7) is 0. The summed E-state index contributed by atoms with van der Waals surface area (Å²) in [5, 5.41) is 11.5. The summed E-state index contributed by atoms with van der Waals surface area (Å²) >= 11 is 3.40. The highest BCUT2D eigenvalue weighted by Crippen LogP contribution is 2.19. The molecule has 0 bridgehead atoms. The van der Waals surface area contributed by atoms with E-state index in [1.807, 2.05) is 30.3 Å². The van der Waals surface area contributed by atoms with Crippen molar-refractivity contribution in [2.45, 2.75) is 0 Å². The molecule has 0 saturated carbocycles. The largest absolute Gasteiger partial charge is 0.270 e. The lowest BCUT2D eigenvalue weighted by Crippen LogP contribution is -2.22. The highest BCUT2D eigenvalue weighted by molar-refractivity contribution is 9.10. The number of non-ortho nitro benzene ring substituents is 1. The smallest absolute Gasteiger partial charge is 0.268 e. The first-order valence-corrected chi connectivity index (χ1v) is 9.52. The molecule has 0 unspecified atom stereocenters. The summed E-state index contributed by atoms with van der Waals surface area (Å²) in [6, 6.07) is 20.8. The monoisotopic (exact) mass is 447 g/mol. The average Bonchev–Trinajstić information content (AvgIpc) is 2.73. The predicted octanol–water partition coefficient (Wildman–Crippen LogP) is 5.23. The van der Waals surface area contributed by atoms with Crippen LogP contribution < -0.4 is 5.56 Å². The van der Waals surface area contributed by atoms with Crippen LogP contribution in [-0.2, 0) is 0 Å². The minimum absolute atomic E-state index is 0.00363. The first-order chi connectivity index (χ1) is 14.0. The van der Waals surface area contributed by atoms with Gasteiger partial charge in [0.25, 0.3) is 11.2 Å². The molecule has 0 saturated heterocycles. The van der Waals surface area contributed by atoms with Crippen molar-refractivity contribution in [2.24, 2.45) is 0 Å². The van der Waals surface area contributed by atoms with Gasteiger partial charge in [-0.1, -0.05) is 46.3 Å². The van der Waals surface area contributed by atoms with E-state index in [4.69, 9.17) is 0 Å². The van der Waals surface area contributed by atoms with E-state index in [0.29, 0.717) is 28.0 Å². The lowest BCUT2D eigenvalue weighted by molar-refractivity contribution is -0.384. The highest BCUT2D eigenvalue weighted by atomic mass is 79.9. The molecule has 0 N–H and O–H groups in total. The number of halogens is 1. The molecule has 0 spiro atoms. The zero-order valence-electron chi connectivity index (χ0n) is 15.0. The number of benzene rings is 3. The van der Waals surface area contributed by atoms with Gasteiger partial charge < -0.3 is 0 Å². The van der Waals surface area contributed by atoms with Gasteiger partial charge in [0.1, 0.15) is 5.82 Å². The van der Waals surface area contributed by atoms with Crippen LogP contribution in [0.4, 0.5) is 5.69 Å². The van der Waals surface area contributed by atoms with Crippen molar-refractivity contribution in [3.8, 4) is 5.69 Å². The molecule has 6 nitrogen and oxygen atoms in total. The molecule has 1 heterocycles. The second-order valence-electron chi connectivity index (χ2n) is 6.29. The summed E-state index contributed by atoms with van der Waals surface area (Å²) < 4.78 is 2.43. The Kier molecular flexibility index (Phi) is 5.05. The number of para-hydroxylation sites is 1. The number of hydrogen-bond acceptors (Lipinski definition) is 4. The minimum atomic E-state index is -0.441. The summed E-state index contributed by atoms with van der Waals surface area (Å²) in [5.41, 5.74) is 1.73. The summed E-state index contributed by atoms with van der Waals surface area (Å²) in [7, 11) is 0. The van der Waals surface area contributed by atoms with E-state index in [0.717, 1.165) is 4.47 Å². The molecule has 1 aromatic heterocycles. The van der Waals surface area contributed by atoms with Crippen LogP contribution in [0.1, 0.15) is 11.4 Å². The highest BCUT2D eigenvalue weighted by Gasteiger charge is 2.11. The van der Waals surface area contributed by atoms with Gasteiger partial charge in [-0.05, 0) is 48.0 Å². The fourth-order valence-electron chi connectivity index (χ4n) is 3.01. The van der Waals surface area contributed by atoms with Crippen LogP contribution in [-0.4, -0.2) is 14.5 Å². The van der Waals surface area contributed by atoms with Crippen LogP contribution in [0, 0.1) is 10.1 Å². The Morgan fingerprint density at radius 3 is 2.48 bits per heavy atom. The molecule has 4 aromatic rings. The molecule has 142 valence electrons. The van der Waals surface area contributed by atoms with Gasteiger partial charge in [-0.2, -0.15) is 0 Å². The van der Waals surface area contributed by atoms with Gasteiger partial charge in [0.05, 0.1) is 21.5 Å². The minimum Gasteiger partial charge on any atom is -0.268 e. The molecule has 4 rings (SSSR count). The quantitative estimate of drug-likeness (QED) is 0.317. The third kappa shape index (κ3) is 3.86. The van der Waals surface area contributed by atoms with Crippen LogP contribution in [0.5, 0.6) is 0 Å². The number of nitro groups is 1. The van der Waals surface area contributed by atoms with Gasteiger partial charge in [-0.3, -0.25) is 19.5 Å². The first kappa shape index (κ1) is 18.8. The van der Waals surface area contributed by atoms with E-state index >= 15 is 0 Å². The Labute approximate surface area is 174 Å². The molecule has 7 heteroatoms. The maximum Gasteiger partial charge on any atom is 0.270 e. The van der Waals surface area contributed by atoms with Crippen molar-refractivity contribution in [1.82, 2.24) is 9.55 Å². The number of nitro benzene ring substituents is 1. The van der Waals surface area contributed by atoms with Crippen molar-refractivity contribution in [1.29, 1.82) is 0 Å². The van der Waals surface area contributed by atoms with E-state index < -0.39 is 4.92 Å². The van der Waals surface area contributed by atoms with E-state index in [1.165, 1.54) is 16.7 Å². The van der Waals surface area contributed by atoms with Crippen molar-refractivity contribution in [3.63, 3.8) is 0 Å². The molecular formula is C22H14BrN3O3. The van der Waals surface area contributed by atoms with Gasteiger partial charge >= 0.3 is 0 Å².